The van der Waals surface area contributed by atoms with E-state index in [0.717, 1.165) is 0 Å². The van der Waals surface area contributed by atoms with Crippen molar-refractivity contribution >= 4 is 17.7 Å². The summed E-state index contributed by atoms with van der Waals surface area (Å²) in [5.74, 6) is 0.956. The van der Waals surface area contributed by atoms with Crippen LogP contribution in [-0.4, -0.2) is 70.0 Å². The number of esters is 1. The van der Waals surface area contributed by atoms with Crippen LogP contribution in [0.1, 0.15) is 20.8 Å². The maximum absolute atomic E-state index is 11.9. The van der Waals surface area contributed by atoms with Gasteiger partial charge >= 0.3 is 5.97 Å². The molecule has 0 radical (unpaired) electrons. The number of carbonyl (C=O) groups excluding carboxylic acids is 1. The Morgan fingerprint density at radius 3 is 2.67 bits per heavy atom. The molecule has 4 unspecified atom stereocenters. The molecule has 0 amide bonds. The van der Waals surface area contributed by atoms with Crippen LogP contribution in [0.25, 0.3) is 0 Å². The van der Waals surface area contributed by atoms with E-state index >= 15 is 0 Å². The maximum atomic E-state index is 11.9. The van der Waals surface area contributed by atoms with Gasteiger partial charge in [-0.25, -0.2) is 0 Å². The van der Waals surface area contributed by atoms with Gasteiger partial charge in [0.2, 0.25) is 0 Å². The second kappa shape index (κ2) is 7.33. The predicted octanol–water partition coefficient (Wildman–Crippen LogP) is 0.0971. The predicted molar refractivity (Wildman–Crippen MR) is 71.6 cm³/mol. The number of β-amino-alcohol motifs (C(OH)–C–C–N with tert-alkyl or cyclic N) is 1. The van der Waals surface area contributed by atoms with Crippen LogP contribution in [0.2, 0.25) is 0 Å². The van der Waals surface area contributed by atoms with Gasteiger partial charge < -0.3 is 14.9 Å². The molecule has 1 aliphatic heterocycles. The molecule has 5 nitrogen and oxygen atoms in total. The first-order valence-electron chi connectivity index (χ1n) is 6.28. The number of cyclic esters (lactones) is 1. The van der Waals surface area contributed by atoms with Gasteiger partial charge in [-0.3, -0.25) is 9.69 Å². The molecule has 1 heterocycles. The van der Waals surface area contributed by atoms with Gasteiger partial charge in [0, 0.05) is 24.6 Å². The summed E-state index contributed by atoms with van der Waals surface area (Å²) in [5, 5.41) is 18.7. The molecule has 1 rings (SSSR count). The minimum atomic E-state index is -0.465. The molecule has 4 atom stereocenters. The lowest BCUT2D eigenvalue weighted by Gasteiger charge is -2.37. The number of hydrogen-bond donors (Lipinski definition) is 2. The van der Waals surface area contributed by atoms with Gasteiger partial charge in [-0.05, 0) is 20.8 Å². The fraction of sp³-hybridized carbons (Fsp3) is 0.917. The van der Waals surface area contributed by atoms with Crippen molar-refractivity contribution in [3.63, 3.8) is 0 Å². The first-order valence-corrected chi connectivity index (χ1v) is 7.44. The lowest BCUT2D eigenvalue weighted by atomic mass is 10.2. The zero-order valence-corrected chi connectivity index (χ0v) is 12.0. The lowest BCUT2D eigenvalue weighted by Crippen LogP contribution is -2.55. The average Bonchev–Trinajstić information content (AvgIpc) is 2.20. The fourth-order valence-corrected chi connectivity index (χ4v) is 3.03. The summed E-state index contributed by atoms with van der Waals surface area (Å²) in [6.45, 7) is 6.41. The Morgan fingerprint density at radius 1 is 1.44 bits per heavy atom. The molecular formula is C12H23NO4S. The third kappa shape index (κ3) is 5.14. The number of ether oxygens (including phenoxy) is 1. The van der Waals surface area contributed by atoms with E-state index in [9.17, 15) is 15.0 Å². The molecular weight excluding hydrogens is 254 g/mol. The van der Waals surface area contributed by atoms with Crippen molar-refractivity contribution in [3.8, 4) is 0 Å². The first kappa shape index (κ1) is 15.8. The Bertz CT molecular complexity index is 271. The smallest absolute Gasteiger partial charge is 0.324 e. The van der Waals surface area contributed by atoms with Crippen molar-refractivity contribution in [2.45, 2.75) is 45.1 Å². The van der Waals surface area contributed by atoms with Gasteiger partial charge in [-0.2, -0.15) is 11.8 Å². The third-order valence-electron chi connectivity index (χ3n) is 2.66. The highest BCUT2D eigenvalue weighted by atomic mass is 32.2. The van der Waals surface area contributed by atoms with Crippen LogP contribution < -0.4 is 0 Å². The number of carbonyl (C=O) groups is 1. The maximum Gasteiger partial charge on any atom is 0.324 e. The molecule has 0 aliphatic carbocycles. The Morgan fingerprint density at radius 2 is 2.11 bits per heavy atom. The molecule has 0 aromatic rings. The van der Waals surface area contributed by atoms with Crippen molar-refractivity contribution in [2.24, 2.45) is 0 Å². The molecule has 0 bridgehead atoms. The van der Waals surface area contributed by atoms with Crippen molar-refractivity contribution in [2.75, 3.05) is 24.6 Å². The summed E-state index contributed by atoms with van der Waals surface area (Å²) in [6, 6.07) is -0.320. The van der Waals surface area contributed by atoms with Gasteiger partial charge in [0.15, 0.2) is 0 Å². The van der Waals surface area contributed by atoms with Gasteiger partial charge in [0.1, 0.15) is 12.1 Å². The molecule has 1 saturated heterocycles. The topological polar surface area (TPSA) is 70.0 Å². The number of thioether (sulfide) groups is 1. The van der Waals surface area contributed by atoms with Gasteiger partial charge in [0.25, 0.3) is 0 Å². The Hall–Kier alpha value is -0.300. The van der Waals surface area contributed by atoms with Crippen LogP contribution in [0.4, 0.5) is 0 Å². The van der Waals surface area contributed by atoms with Crippen molar-refractivity contribution in [1.29, 1.82) is 0 Å². The minimum absolute atomic E-state index is 0.130. The van der Waals surface area contributed by atoms with E-state index in [2.05, 4.69) is 0 Å². The first-order chi connectivity index (χ1) is 8.40. The summed E-state index contributed by atoms with van der Waals surface area (Å²) in [7, 11) is 0. The van der Waals surface area contributed by atoms with Crippen molar-refractivity contribution in [1.82, 2.24) is 4.90 Å². The highest BCUT2D eigenvalue weighted by Gasteiger charge is 2.34. The monoisotopic (exact) mass is 277 g/mol. The summed E-state index contributed by atoms with van der Waals surface area (Å²) < 4.78 is 5.23. The quantitative estimate of drug-likeness (QED) is 0.671. The Balaban J connectivity index is 2.54. The van der Waals surface area contributed by atoms with E-state index in [1.807, 2.05) is 11.8 Å². The van der Waals surface area contributed by atoms with Gasteiger partial charge in [0.05, 0.1) is 12.2 Å². The van der Waals surface area contributed by atoms with E-state index < -0.39 is 6.10 Å². The molecule has 106 valence electrons. The van der Waals surface area contributed by atoms with E-state index in [1.165, 1.54) is 11.8 Å². The molecule has 18 heavy (non-hydrogen) atoms. The van der Waals surface area contributed by atoms with Crippen LogP contribution in [-0.2, 0) is 9.53 Å². The SMILES string of the molecule is CC(O)CSCC1C(=O)OC(C)CN1CC(C)O. The molecule has 0 aromatic heterocycles. The number of hydrogen-bond acceptors (Lipinski definition) is 6. The number of morpholine rings is 1. The Kier molecular flexibility index (Phi) is 6.42. The summed E-state index contributed by atoms with van der Waals surface area (Å²) in [4.78, 5) is 13.8. The van der Waals surface area contributed by atoms with E-state index in [-0.39, 0.29) is 24.2 Å². The second-order valence-electron chi connectivity index (χ2n) is 4.95. The average molecular weight is 277 g/mol. The molecule has 2 N–H and O–H groups in total. The fourth-order valence-electron chi connectivity index (χ4n) is 1.99. The van der Waals surface area contributed by atoms with E-state index in [0.29, 0.717) is 24.6 Å². The largest absolute Gasteiger partial charge is 0.460 e. The number of aliphatic hydroxyl groups is 2. The van der Waals surface area contributed by atoms with Crippen molar-refractivity contribution in [3.05, 3.63) is 0 Å². The molecule has 0 saturated carbocycles. The number of nitrogens with zero attached hydrogens (tertiary/aromatic N) is 1. The summed E-state index contributed by atoms with van der Waals surface area (Å²) in [5.41, 5.74) is 0. The molecule has 6 heteroatoms. The zero-order valence-electron chi connectivity index (χ0n) is 11.2. The second-order valence-corrected chi connectivity index (χ2v) is 6.03. The normalized spacial score (nSPS) is 28.8. The van der Waals surface area contributed by atoms with E-state index in [1.54, 1.807) is 13.8 Å². The van der Waals surface area contributed by atoms with Crippen LogP contribution >= 0.6 is 11.8 Å². The standard InChI is InChI=1S/C12H23NO4S/c1-8(14)4-13-5-10(3)17-12(16)11(13)7-18-6-9(2)15/h8-11,14-15H,4-7H2,1-3H3. The third-order valence-corrected chi connectivity index (χ3v) is 3.92. The molecule has 0 spiro atoms. The highest BCUT2D eigenvalue weighted by Crippen LogP contribution is 2.18. The number of aliphatic hydroxyl groups excluding tert-OH is 2. The summed E-state index contributed by atoms with van der Waals surface area (Å²) >= 11 is 1.53. The van der Waals surface area contributed by atoms with Crippen molar-refractivity contribution < 1.29 is 19.7 Å². The highest BCUT2D eigenvalue weighted by molar-refractivity contribution is 7.99. The Labute approximate surface area is 112 Å². The van der Waals surface area contributed by atoms with Gasteiger partial charge in [-0.15, -0.1) is 0 Å². The lowest BCUT2D eigenvalue weighted by molar-refractivity contribution is -0.164. The van der Waals surface area contributed by atoms with Crippen LogP contribution in [0.3, 0.4) is 0 Å². The van der Waals surface area contributed by atoms with Crippen LogP contribution in [0.5, 0.6) is 0 Å². The molecule has 1 fully saturated rings. The van der Waals surface area contributed by atoms with Gasteiger partial charge in [-0.1, -0.05) is 0 Å². The minimum Gasteiger partial charge on any atom is -0.460 e. The molecule has 0 aromatic carbocycles. The zero-order chi connectivity index (χ0) is 13.7. The van der Waals surface area contributed by atoms with E-state index in [4.69, 9.17) is 4.74 Å². The van der Waals surface area contributed by atoms with Crippen LogP contribution in [0.15, 0.2) is 0 Å². The number of rotatable bonds is 6. The molecule has 1 aliphatic rings. The summed E-state index contributed by atoms with van der Waals surface area (Å²) in [6.07, 6.45) is -0.972. The van der Waals surface area contributed by atoms with Crippen LogP contribution in [0, 0.1) is 0 Å².